The first-order valence-corrected chi connectivity index (χ1v) is 4.30. The Kier molecular flexibility index (Phi) is 1.89. The van der Waals surface area contributed by atoms with Gasteiger partial charge in [0.15, 0.2) is 5.75 Å². The molecule has 0 amide bonds. The molecule has 1 aromatic carbocycles. The van der Waals surface area contributed by atoms with Crippen LogP contribution in [0.3, 0.4) is 0 Å². The van der Waals surface area contributed by atoms with Gasteiger partial charge in [-0.3, -0.25) is 4.79 Å². The third-order valence-electron chi connectivity index (χ3n) is 2.24. The molecule has 0 bridgehead atoms. The van der Waals surface area contributed by atoms with Crippen LogP contribution in [0.1, 0.15) is 18.4 Å². The van der Waals surface area contributed by atoms with Crippen LogP contribution < -0.4 is 5.43 Å². The van der Waals surface area contributed by atoms with Crippen LogP contribution in [0.2, 0.25) is 0 Å². The molecule has 0 aliphatic heterocycles. The predicted octanol–water partition coefficient (Wildman–Crippen LogP) is 1.93. The molecular weight excluding hydrogens is 164 g/mol. The molecule has 66 valence electrons. The second-order valence-corrected chi connectivity index (χ2v) is 3.14. The second-order valence-electron chi connectivity index (χ2n) is 3.14. The fourth-order valence-corrected chi connectivity index (χ4v) is 1.34. The molecule has 0 saturated heterocycles. The number of hydrogen-bond donors (Lipinski definition) is 1. The molecule has 0 saturated carbocycles. The second kappa shape index (κ2) is 3.05. The Morgan fingerprint density at radius 2 is 2.08 bits per heavy atom. The Morgan fingerprint density at radius 1 is 1.31 bits per heavy atom. The first-order valence-electron chi connectivity index (χ1n) is 4.30. The van der Waals surface area contributed by atoms with Crippen molar-refractivity contribution in [3.63, 3.8) is 0 Å². The summed E-state index contributed by atoms with van der Waals surface area (Å²) in [7, 11) is 0. The summed E-state index contributed by atoms with van der Waals surface area (Å²) in [6.07, 6.45) is 4.23. The van der Waals surface area contributed by atoms with Crippen LogP contribution in [-0.2, 0) is 0 Å². The summed E-state index contributed by atoms with van der Waals surface area (Å²) >= 11 is 0. The highest BCUT2D eigenvalue weighted by molar-refractivity contribution is 5.69. The molecule has 1 aliphatic carbocycles. The molecule has 1 aromatic rings. The molecule has 0 aromatic heterocycles. The average Bonchev–Trinajstić information content (AvgIpc) is 2.12. The molecular formula is C11H10O2. The zero-order chi connectivity index (χ0) is 9.26. The summed E-state index contributed by atoms with van der Waals surface area (Å²) in [4.78, 5) is 11.2. The highest BCUT2D eigenvalue weighted by Crippen LogP contribution is 2.27. The van der Waals surface area contributed by atoms with Crippen molar-refractivity contribution in [2.24, 2.45) is 0 Å². The summed E-state index contributed by atoms with van der Waals surface area (Å²) in [5.41, 5.74) is 1.82. The van der Waals surface area contributed by atoms with E-state index in [9.17, 15) is 4.79 Å². The summed E-state index contributed by atoms with van der Waals surface area (Å²) in [6, 6.07) is 6.46. The molecule has 0 heterocycles. The Morgan fingerprint density at radius 3 is 2.69 bits per heavy atom. The third-order valence-corrected chi connectivity index (χ3v) is 2.24. The minimum atomic E-state index is -0.312. The molecule has 2 heteroatoms. The average molecular weight is 174 g/mol. The van der Waals surface area contributed by atoms with Crippen LogP contribution >= 0.6 is 0 Å². The maximum absolute atomic E-state index is 11.2. The lowest BCUT2D eigenvalue weighted by Gasteiger charge is -2.12. The van der Waals surface area contributed by atoms with E-state index in [2.05, 4.69) is 6.08 Å². The Hall–Kier alpha value is -1.57. The molecule has 1 aliphatic rings. The fourth-order valence-electron chi connectivity index (χ4n) is 1.34. The van der Waals surface area contributed by atoms with E-state index in [-0.39, 0.29) is 11.2 Å². The van der Waals surface area contributed by atoms with E-state index in [0.717, 1.165) is 18.4 Å². The molecule has 2 nitrogen and oxygen atoms in total. The van der Waals surface area contributed by atoms with Gasteiger partial charge in [0.1, 0.15) is 0 Å². The van der Waals surface area contributed by atoms with E-state index in [1.54, 1.807) is 6.07 Å². The van der Waals surface area contributed by atoms with E-state index in [1.165, 1.54) is 17.7 Å². The standard InChI is InChI=1S/C11H10O2/c12-10-6-2-5-9(7-11(10)13)8-3-1-4-8/h2-3,5-7H,1,4H2,(H,12,13). The van der Waals surface area contributed by atoms with Gasteiger partial charge in [-0.05, 0) is 36.1 Å². The van der Waals surface area contributed by atoms with Gasteiger partial charge >= 0.3 is 0 Å². The van der Waals surface area contributed by atoms with E-state index < -0.39 is 0 Å². The van der Waals surface area contributed by atoms with Gasteiger partial charge in [-0.1, -0.05) is 18.2 Å². The van der Waals surface area contributed by atoms with Crippen LogP contribution in [0.5, 0.6) is 5.75 Å². The van der Waals surface area contributed by atoms with Gasteiger partial charge in [-0.2, -0.15) is 0 Å². The highest BCUT2D eigenvalue weighted by atomic mass is 16.3. The topological polar surface area (TPSA) is 37.3 Å². The third kappa shape index (κ3) is 1.47. The Bertz CT molecular complexity index is 419. The fraction of sp³-hybridized carbons (Fsp3) is 0.182. The van der Waals surface area contributed by atoms with Gasteiger partial charge in [-0.15, -0.1) is 0 Å². The molecule has 0 atom stereocenters. The van der Waals surface area contributed by atoms with Crippen LogP contribution in [0.25, 0.3) is 5.57 Å². The summed E-state index contributed by atoms with van der Waals surface area (Å²) in [5.74, 6) is -0.189. The van der Waals surface area contributed by atoms with E-state index in [1.807, 2.05) is 6.07 Å². The number of rotatable bonds is 1. The highest BCUT2D eigenvalue weighted by Gasteiger charge is 2.08. The summed E-state index contributed by atoms with van der Waals surface area (Å²) in [6.45, 7) is 0. The maximum atomic E-state index is 11.2. The van der Waals surface area contributed by atoms with Gasteiger partial charge in [-0.25, -0.2) is 0 Å². The number of aromatic hydroxyl groups is 1. The van der Waals surface area contributed by atoms with Crippen molar-refractivity contribution >= 4 is 5.57 Å². The van der Waals surface area contributed by atoms with Crippen molar-refractivity contribution in [1.82, 2.24) is 0 Å². The zero-order valence-corrected chi connectivity index (χ0v) is 7.16. The normalized spacial score (nSPS) is 14.6. The molecule has 0 fully saturated rings. The molecule has 0 spiro atoms. The van der Waals surface area contributed by atoms with Crippen molar-refractivity contribution in [3.05, 3.63) is 46.1 Å². The largest absolute Gasteiger partial charge is 0.504 e. The lowest BCUT2D eigenvalue weighted by molar-refractivity contribution is 0.471. The maximum Gasteiger partial charge on any atom is 0.220 e. The van der Waals surface area contributed by atoms with Crippen LogP contribution in [0.4, 0.5) is 0 Å². The van der Waals surface area contributed by atoms with Crippen LogP contribution in [0, 0.1) is 0 Å². The van der Waals surface area contributed by atoms with Crippen molar-refractivity contribution in [2.45, 2.75) is 12.8 Å². The van der Waals surface area contributed by atoms with E-state index in [0.29, 0.717) is 0 Å². The van der Waals surface area contributed by atoms with Gasteiger partial charge in [0.25, 0.3) is 0 Å². The van der Waals surface area contributed by atoms with Crippen LogP contribution in [-0.4, -0.2) is 5.11 Å². The number of allylic oxidation sites excluding steroid dienone is 2. The smallest absolute Gasteiger partial charge is 0.220 e. The van der Waals surface area contributed by atoms with Crippen molar-refractivity contribution in [3.8, 4) is 5.75 Å². The lowest BCUT2D eigenvalue weighted by Crippen LogP contribution is -1.98. The SMILES string of the molecule is O=c1cc(C2=CCC2)cccc1O. The van der Waals surface area contributed by atoms with Crippen molar-refractivity contribution < 1.29 is 5.11 Å². The quantitative estimate of drug-likeness (QED) is 0.706. The first-order chi connectivity index (χ1) is 6.27. The minimum absolute atomic E-state index is 0.189. The minimum Gasteiger partial charge on any atom is -0.504 e. The Labute approximate surface area is 76.2 Å². The van der Waals surface area contributed by atoms with Gasteiger partial charge in [0.2, 0.25) is 5.43 Å². The summed E-state index contributed by atoms with van der Waals surface area (Å²) in [5, 5.41) is 9.14. The first kappa shape index (κ1) is 8.05. The molecule has 0 radical (unpaired) electrons. The number of hydrogen-bond acceptors (Lipinski definition) is 2. The van der Waals surface area contributed by atoms with Crippen molar-refractivity contribution in [2.75, 3.05) is 0 Å². The predicted molar refractivity (Wildman–Crippen MR) is 51.6 cm³/mol. The zero-order valence-electron chi connectivity index (χ0n) is 7.16. The molecule has 13 heavy (non-hydrogen) atoms. The van der Waals surface area contributed by atoms with E-state index in [4.69, 9.17) is 5.11 Å². The van der Waals surface area contributed by atoms with Crippen molar-refractivity contribution in [1.29, 1.82) is 0 Å². The van der Waals surface area contributed by atoms with Gasteiger partial charge < -0.3 is 5.11 Å². The molecule has 1 N–H and O–H groups in total. The van der Waals surface area contributed by atoms with Crippen LogP contribution in [0.15, 0.2) is 35.1 Å². The summed E-state index contributed by atoms with van der Waals surface area (Å²) < 4.78 is 0. The molecule has 2 rings (SSSR count). The van der Waals surface area contributed by atoms with E-state index >= 15 is 0 Å². The monoisotopic (exact) mass is 174 g/mol. The van der Waals surface area contributed by atoms with Gasteiger partial charge in [0, 0.05) is 0 Å². The Balaban J connectivity index is 2.56. The molecule has 0 unspecified atom stereocenters. The lowest BCUT2D eigenvalue weighted by atomic mass is 9.93. The van der Waals surface area contributed by atoms with Gasteiger partial charge in [0.05, 0.1) is 0 Å².